The number of aliphatic hydroxyl groups excluding tert-OH is 1. The lowest BCUT2D eigenvalue weighted by atomic mass is 10.3. The molecule has 7 heteroatoms. The lowest BCUT2D eigenvalue weighted by molar-refractivity contribution is 0.149. The molecule has 0 aliphatic rings. The van der Waals surface area contributed by atoms with Gasteiger partial charge in [0.1, 0.15) is 4.90 Å². The van der Waals surface area contributed by atoms with Crippen LogP contribution in [0.4, 0.5) is 0 Å². The van der Waals surface area contributed by atoms with Gasteiger partial charge in [-0.3, -0.25) is 0 Å². The van der Waals surface area contributed by atoms with Gasteiger partial charge in [-0.25, -0.2) is 8.42 Å². The highest BCUT2D eigenvalue weighted by molar-refractivity contribution is 7.89. The van der Waals surface area contributed by atoms with E-state index in [4.69, 9.17) is 4.74 Å². The Balaban J connectivity index is 3.17. The molecule has 104 valence electrons. The molecule has 1 N–H and O–H groups in total. The van der Waals surface area contributed by atoms with Gasteiger partial charge in [0, 0.05) is 20.2 Å². The summed E-state index contributed by atoms with van der Waals surface area (Å²) in [5, 5.41) is 11.0. The van der Waals surface area contributed by atoms with E-state index in [0.29, 0.717) is 17.0 Å². The van der Waals surface area contributed by atoms with Crippen LogP contribution in [0.25, 0.3) is 0 Å². The van der Waals surface area contributed by atoms with Gasteiger partial charge in [0.05, 0.1) is 18.1 Å². The molecule has 5 nitrogen and oxygen atoms in total. The monoisotopic (exact) mass is 293 g/mol. The SMILES string of the molecule is COCC(C)N(C)S(=O)(=O)c1c(C)csc1CO. The summed E-state index contributed by atoms with van der Waals surface area (Å²) < 4.78 is 31.2. The molecule has 0 saturated carbocycles. The summed E-state index contributed by atoms with van der Waals surface area (Å²) in [4.78, 5) is 0.699. The van der Waals surface area contributed by atoms with E-state index in [9.17, 15) is 13.5 Å². The zero-order chi connectivity index (χ0) is 13.9. The summed E-state index contributed by atoms with van der Waals surface area (Å²) in [7, 11) is -0.528. The van der Waals surface area contributed by atoms with Gasteiger partial charge in [-0.1, -0.05) is 0 Å². The number of sulfonamides is 1. The topological polar surface area (TPSA) is 66.8 Å². The van der Waals surface area contributed by atoms with Crippen LogP contribution >= 0.6 is 11.3 Å². The van der Waals surface area contributed by atoms with Gasteiger partial charge in [0.2, 0.25) is 10.0 Å². The van der Waals surface area contributed by atoms with Crippen LogP contribution in [-0.4, -0.2) is 44.6 Å². The Morgan fingerprint density at radius 1 is 1.56 bits per heavy atom. The van der Waals surface area contributed by atoms with Crippen LogP contribution in [0.5, 0.6) is 0 Å². The van der Waals surface area contributed by atoms with Crippen molar-refractivity contribution < 1.29 is 18.3 Å². The van der Waals surface area contributed by atoms with Gasteiger partial charge >= 0.3 is 0 Å². The number of ether oxygens (including phenoxy) is 1. The summed E-state index contributed by atoms with van der Waals surface area (Å²) in [5.74, 6) is 0. The van der Waals surface area contributed by atoms with Crippen LogP contribution in [-0.2, 0) is 21.4 Å². The molecule has 18 heavy (non-hydrogen) atoms. The van der Waals surface area contributed by atoms with E-state index >= 15 is 0 Å². The second-order valence-electron chi connectivity index (χ2n) is 4.15. The van der Waals surface area contributed by atoms with E-state index in [1.54, 1.807) is 19.2 Å². The summed E-state index contributed by atoms with van der Waals surface area (Å²) in [6.07, 6.45) is 0. The predicted octanol–water partition coefficient (Wildman–Crippen LogP) is 1.20. The van der Waals surface area contributed by atoms with Crippen molar-refractivity contribution in [1.82, 2.24) is 4.31 Å². The second-order valence-corrected chi connectivity index (χ2v) is 7.05. The van der Waals surface area contributed by atoms with Gasteiger partial charge < -0.3 is 9.84 Å². The number of likely N-dealkylation sites (N-methyl/N-ethyl adjacent to an activating group) is 1. The van der Waals surface area contributed by atoms with Crippen molar-refractivity contribution in [2.75, 3.05) is 20.8 Å². The van der Waals surface area contributed by atoms with Crippen LogP contribution < -0.4 is 0 Å². The number of methoxy groups -OCH3 is 1. The number of rotatable bonds is 6. The molecule has 1 aromatic rings. The lowest BCUT2D eigenvalue weighted by Crippen LogP contribution is -2.38. The Kier molecular flexibility index (Phi) is 5.30. The number of nitrogens with zero attached hydrogens (tertiary/aromatic N) is 1. The minimum atomic E-state index is -3.59. The quantitative estimate of drug-likeness (QED) is 0.856. The molecule has 0 spiro atoms. The zero-order valence-electron chi connectivity index (χ0n) is 11.0. The van der Waals surface area contributed by atoms with Gasteiger partial charge in [-0.15, -0.1) is 11.3 Å². The Hall–Kier alpha value is -0.470. The highest BCUT2D eigenvalue weighted by Crippen LogP contribution is 2.29. The number of hydrogen-bond acceptors (Lipinski definition) is 5. The molecule has 1 heterocycles. The first kappa shape index (κ1) is 15.6. The van der Waals surface area contributed by atoms with E-state index in [2.05, 4.69) is 0 Å². The van der Waals surface area contributed by atoms with Crippen LogP contribution in [0.2, 0.25) is 0 Å². The smallest absolute Gasteiger partial charge is 0.244 e. The highest BCUT2D eigenvalue weighted by atomic mass is 32.2. The molecule has 1 atom stereocenters. The average Bonchev–Trinajstić information content (AvgIpc) is 2.70. The van der Waals surface area contributed by atoms with Crippen LogP contribution in [0.1, 0.15) is 17.4 Å². The van der Waals surface area contributed by atoms with E-state index < -0.39 is 10.0 Å². The summed E-state index contributed by atoms with van der Waals surface area (Å²) in [6.45, 7) is 3.58. The maximum absolute atomic E-state index is 12.5. The molecular weight excluding hydrogens is 274 g/mol. The first-order chi connectivity index (χ1) is 8.36. The predicted molar refractivity (Wildman–Crippen MR) is 71.3 cm³/mol. The number of aryl methyl sites for hydroxylation is 1. The minimum absolute atomic E-state index is 0.223. The third-order valence-electron chi connectivity index (χ3n) is 2.80. The summed E-state index contributed by atoms with van der Waals surface area (Å²) >= 11 is 1.26. The molecule has 0 amide bonds. The van der Waals surface area contributed by atoms with Gasteiger partial charge in [-0.05, 0) is 24.8 Å². The summed E-state index contributed by atoms with van der Waals surface area (Å²) in [5.41, 5.74) is 0.667. The molecule has 1 unspecified atom stereocenters. The summed E-state index contributed by atoms with van der Waals surface area (Å²) in [6, 6.07) is -0.258. The fourth-order valence-corrected chi connectivity index (χ4v) is 4.62. The lowest BCUT2D eigenvalue weighted by Gasteiger charge is -2.24. The molecule has 0 fully saturated rings. The molecule has 0 aliphatic heterocycles. The van der Waals surface area contributed by atoms with Gasteiger partial charge in [0.25, 0.3) is 0 Å². The first-order valence-electron chi connectivity index (χ1n) is 5.51. The maximum Gasteiger partial charge on any atom is 0.244 e. The Bertz CT molecular complexity index is 495. The molecule has 1 rings (SSSR count). The van der Waals surface area contributed by atoms with Crippen molar-refractivity contribution in [2.45, 2.75) is 31.4 Å². The molecule has 0 aromatic carbocycles. The third kappa shape index (κ3) is 2.92. The van der Waals surface area contributed by atoms with Crippen LogP contribution in [0.3, 0.4) is 0 Å². The van der Waals surface area contributed by atoms with Crippen molar-refractivity contribution >= 4 is 21.4 Å². The number of hydrogen-bond donors (Lipinski definition) is 1. The van der Waals surface area contributed by atoms with Crippen molar-refractivity contribution in [3.63, 3.8) is 0 Å². The van der Waals surface area contributed by atoms with E-state index in [0.717, 1.165) is 0 Å². The third-order valence-corrected chi connectivity index (χ3v) is 6.22. The van der Waals surface area contributed by atoms with Crippen molar-refractivity contribution in [3.8, 4) is 0 Å². The Morgan fingerprint density at radius 3 is 2.67 bits per heavy atom. The molecule has 1 aromatic heterocycles. The van der Waals surface area contributed by atoms with E-state index in [-0.39, 0.29) is 17.5 Å². The Morgan fingerprint density at radius 2 is 2.17 bits per heavy atom. The Labute approximate surface area is 112 Å². The van der Waals surface area contributed by atoms with Gasteiger partial charge in [-0.2, -0.15) is 4.31 Å². The van der Waals surface area contributed by atoms with E-state index in [1.165, 1.54) is 29.8 Å². The number of aliphatic hydroxyl groups is 1. The molecule has 0 radical (unpaired) electrons. The van der Waals surface area contributed by atoms with Gasteiger partial charge in [0.15, 0.2) is 0 Å². The maximum atomic E-state index is 12.5. The van der Waals surface area contributed by atoms with E-state index in [1.807, 2.05) is 0 Å². The molecule has 0 saturated heterocycles. The number of thiophene rings is 1. The average molecular weight is 293 g/mol. The van der Waals surface area contributed by atoms with Crippen molar-refractivity contribution in [3.05, 3.63) is 15.8 Å². The first-order valence-corrected chi connectivity index (χ1v) is 7.83. The normalized spacial score (nSPS) is 14.1. The van der Waals surface area contributed by atoms with Crippen LogP contribution in [0, 0.1) is 6.92 Å². The van der Waals surface area contributed by atoms with Crippen molar-refractivity contribution in [2.24, 2.45) is 0 Å². The standard InChI is InChI=1S/C11H19NO4S2/c1-8-7-17-10(5-13)11(8)18(14,15)12(3)9(2)6-16-4/h7,9,13H,5-6H2,1-4H3. The van der Waals surface area contributed by atoms with Crippen LogP contribution in [0.15, 0.2) is 10.3 Å². The minimum Gasteiger partial charge on any atom is -0.391 e. The molecular formula is C11H19NO4S2. The zero-order valence-corrected chi connectivity index (χ0v) is 12.6. The highest BCUT2D eigenvalue weighted by Gasteiger charge is 2.30. The van der Waals surface area contributed by atoms with Crippen molar-refractivity contribution in [1.29, 1.82) is 0 Å². The molecule has 0 bridgehead atoms. The fourth-order valence-electron chi connectivity index (χ4n) is 1.67. The molecule has 0 aliphatic carbocycles. The fraction of sp³-hybridized carbons (Fsp3) is 0.636. The second kappa shape index (κ2) is 6.12. The largest absolute Gasteiger partial charge is 0.391 e.